The van der Waals surface area contributed by atoms with E-state index in [-0.39, 0.29) is 66.7 Å². The number of aromatic hydroxyl groups is 2. The molecule has 2 heterocycles. The number of nitrogens with zero attached hydrogens (tertiary/aromatic N) is 1. The van der Waals surface area contributed by atoms with Gasteiger partial charge in [-0.25, -0.2) is 14.0 Å². The van der Waals surface area contributed by atoms with E-state index in [1.54, 1.807) is 0 Å². The second kappa shape index (κ2) is 16.3. The molecule has 0 radical (unpaired) electrons. The Kier molecular flexibility index (Phi) is 12.3. The first-order valence-corrected chi connectivity index (χ1v) is 17.8. The van der Waals surface area contributed by atoms with Crippen molar-refractivity contribution in [3.05, 3.63) is 108 Å². The number of piperidine rings is 1. The minimum atomic E-state index is -0.835. The van der Waals surface area contributed by atoms with Crippen molar-refractivity contribution in [2.75, 3.05) is 26.7 Å². The average molecular weight is 789 g/mol. The number of ether oxygens (including phenoxy) is 3. The minimum Gasteiger partial charge on any atom is -0.507 e. The fourth-order valence-electron chi connectivity index (χ4n) is 6.32. The Balaban J connectivity index is 0.000000204. The number of carbonyl (C=O) groups is 3. The van der Waals surface area contributed by atoms with Gasteiger partial charge in [0, 0.05) is 41.2 Å². The van der Waals surface area contributed by atoms with Gasteiger partial charge in [-0.15, -0.1) is 0 Å². The zero-order valence-electron chi connectivity index (χ0n) is 29.3. The lowest BCUT2D eigenvalue weighted by Crippen LogP contribution is -2.42. The van der Waals surface area contributed by atoms with Crippen LogP contribution in [0.25, 0.3) is 0 Å². The summed E-state index contributed by atoms with van der Waals surface area (Å²) in [6, 6.07) is 13.1. The molecule has 280 valence electrons. The number of likely N-dealkylation sites (tertiary alicyclic amines) is 1. The molecule has 1 saturated heterocycles. The number of methoxy groups -OCH3 is 1. The molecule has 1 fully saturated rings. The van der Waals surface area contributed by atoms with E-state index in [0.29, 0.717) is 29.8 Å². The van der Waals surface area contributed by atoms with Crippen molar-refractivity contribution >= 4 is 52.5 Å². The highest BCUT2D eigenvalue weighted by atomic mass is 35.5. The molecule has 0 unspecified atom stereocenters. The van der Waals surface area contributed by atoms with Crippen LogP contribution in [-0.2, 0) is 10.3 Å². The molecule has 10 nitrogen and oxygen atoms in total. The number of phenolic OH excluding ortho intramolecular Hbond substituents is 2. The van der Waals surface area contributed by atoms with Crippen LogP contribution in [0.15, 0.2) is 48.5 Å². The zero-order chi connectivity index (χ0) is 38.8. The van der Waals surface area contributed by atoms with Crippen molar-refractivity contribution in [3.8, 4) is 28.7 Å². The number of esters is 2. The van der Waals surface area contributed by atoms with Crippen LogP contribution in [0.4, 0.5) is 4.39 Å². The van der Waals surface area contributed by atoms with Gasteiger partial charge in [-0.1, -0.05) is 46.9 Å². The van der Waals surface area contributed by atoms with Gasteiger partial charge >= 0.3 is 11.9 Å². The van der Waals surface area contributed by atoms with E-state index in [4.69, 9.17) is 49.0 Å². The lowest BCUT2D eigenvalue weighted by molar-refractivity contribution is -0.0260. The van der Waals surface area contributed by atoms with E-state index in [0.717, 1.165) is 31.6 Å². The van der Waals surface area contributed by atoms with Crippen LogP contribution < -0.4 is 9.47 Å². The van der Waals surface area contributed by atoms with Gasteiger partial charge in [0.15, 0.2) is 28.8 Å². The maximum Gasteiger partial charge on any atom is 0.347 e. The maximum atomic E-state index is 12.9. The number of carbonyl (C=O) groups excluding carboxylic acids is 3. The molecule has 3 N–H and O–H groups in total. The van der Waals surface area contributed by atoms with Crippen LogP contribution in [0.3, 0.4) is 0 Å². The van der Waals surface area contributed by atoms with Gasteiger partial charge < -0.3 is 34.4 Å². The molecule has 4 aromatic rings. The van der Waals surface area contributed by atoms with E-state index in [1.165, 1.54) is 52.1 Å². The second-order valence-electron chi connectivity index (χ2n) is 12.8. The Morgan fingerprint density at radius 2 is 1.45 bits per heavy atom. The number of rotatable bonds is 7. The second-order valence-corrected chi connectivity index (χ2v) is 14.0. The van der Waals surface area contributed by atoms with E-state index >= 15 is 0 Å². The summed E-state index contributed by atoms with van der Waals surface area (Å²) >= 11 is 18.1. The summed E-state index contributed by atoms with van der Waals surface area (Å²) in [6.45, 7) is 6.84. The highest BCUT2D eigenvalue weighted by Gasteiger charge is 2.36. The number of aliphatic hydroxyl groups is 1. The standard InChI is InChI=1S/C21H23ClFNO2.C18H14Cl2O7/c22-18-7-5-17(6-8-18)21(26)11-14-24(15-12-21)13-1-2-20(25)16-3-9-19(23)10-4-16;1-5-9-16(11(20)13(22)10(5)19)26-14-6(2)8(17(23)25-4)12(21)7(3)15(14)27-18(9)24/h3-10,26H,1-2,11-15H2;21-22H,1-4H3. The van der Waals surface area contributed by atoms with Crippen molar-refractivity contribution in [2.24, 2.45) is 0 Å². The number of halogens is 4. The third-order valence-corrected chi connectivity index (χ3v) is 10.6. The van der Waals surface area contributed by atoms with Crippen LogP contribution in [0.2, 0.25) is 15.1 Å². The quantitative estimate of drug-likeness (QED) is 0.0944. The summed E-state index contributed by atoms with van der Waals surface area (Å²) in [4.78, 5) is 39.2. The van der Waals surface area contributed by atoms with Crippen LogP contribution in [0.1, 0.15) is 79.0 Å². The summed E-state index contributed by atoms with van der Waals surface area (Å²) in [5, 5.41) is 31.7. The van der Waals surface area contributed by atoms with Gasteiger partial charge in [0.05, 0.1) is 17.7 Å². The molecule has 2 aliphatic rings. The lowest BCUT2D eigenvalue weighted by atomic mass is 9.84. The third-order valence-electron chi connectivity index (χ3n) is 9.50. The molecule has 0 spiro atoms. The first-order valence-electron chi connectivity index (χ1n) is 16.6. The SMILES string of the molecule is COC(=O)c1c(C)c2c(c(C)c1O)OC(=O)c1c(C)c(Cl)c(O)c(Cl)c1O2.O=C(CCCN1CCC(O)(c2ccc(Cl)cc2)CC1)c1ccc(F)cc1. The normalized spacial score (nSPS) is 14.8. The molecular weight excluding hydrogens is 752 g/mol. The molecule has 0 bridgehead atoms. The summed E-state index contributed by atoms with van der Waals surface area (Å²) in [6.07, 6.45) is 2.54. The van der Waals surface area contributed by atoms with E-state index in [2.05, 4.69) is 4.90 Å². The van der Waals surface area contributed by atoms with Gasteiger partial charge in [-0.3, -0.25) is 4.79 Å². The number of benzene rings is 4. The Labute approximate surface area is 320 Å². The monoisotopic (exact) mass is 787 g/mol. The largest absolute Gasteiger partial charge is 0.507 e. The topological polar surface area (TPSA) is 143 Å². The van der Waals surface area contributed by atoms with E-state index in [1.807, 2.05) is 24.3 Å². The summed E-state index contributed by atoms with van der Waals surface area (Å²) in [5.41, 5.74) is 0.931. The maximum absolute atomic E-state index is 12.9. The number of hydrogen-bond donors (Lipinski definition) is 3. The number of hydrogen-bond acceptors (Lipinski definition) is 10. The molecule has 53 heavy (non-hydrogen) atoms. The van der Waals surface area contributed by atoms with Gasteiger partial charge in [0.1, 0.15) is 27.7 Å². The average Bonchev–Trinajstić information content (AvgIpc) is 3.30. The van der Waals surface area contributed by atoms with Gasteiger partial charge in [-0.05, 0) is 94.1 Å². The molecule has 6 rings (SSSR count). The molecule has 0 amide bonds. The molecule has 4 aromatic carbocycles. The highest BCUT2D eigenvalue weighted by molar-refractivity contribution is 6.39. The molecule has 2 aliphatic heterocycles. The number of Topliss-reactive ketones (excluding diaryl/α,β-unsaturated/α-hetero) is 1. The van der Waals surface area contributed by atoms with Crippen molar-refractivity contribution in [1.29, 1.82) is 0 Å². The summed E-state index contributed by atoms with van der Waals surface area (Å²) in [7, 11) is 1.17. The molecule has 0 aromatic heterocycles. The van der Waals surface area contributed by atoms with Crippen LogP contribution in [0.5, 0.6) is 28.7 Å². The number of fused-ring (bicyclic) bond motifs is 2. The number of phenols is 2. The lowest BCUT2D eigenvalue weighted by Gasteiger charge is -2.38. The Morgan fingerprint density at radius 3 is 2.06 bits per heavy atom. The molecular formula is C39H37Cl3FNO9. The van der Waals surface area contributed by atoms with Crippen LogP contribution >= 0.6 is 34.8 Å². The summed E-state index contributed by atoms with van der Waals surface area (Å²) < 4.78 is 28.8. The minimum absolute atomic E-state index is 0.0131. The highest BCUT2D eigenvalue weighted by Crippen LogP contribution is 2.52. The van der Waals surface area contributed by atoms with Crippen molar-refractivity contribution in [1.82, 2.24) is 4.90 Å². The smallest absolute Gasteiger partial charge is 0.347 e. The molecule has 0 atom stereocenters. The predicted molar refractivity (Wildman–Crippen MR) is 198 cm³/mol. The third kappa shape index (κ3) is 8.24. The van der Waals surface area contributed by atoms with Crippen molar-refractivity contribution in [2.45, 2.75) is 52.1 Å². The fraction of sp³-hybridized carbons (Fsp3) is 0.308. The summed E-state index contributed by atoms with van der Waals surface area (Å²) in [5.74, 6) is -3.03. The molecule has 14 heteroatoms. The van der Waals surface area contributed by atoms with Gasteiger partial charge in [0.25, 0.3) is 0 Å². The number of ketones is 1. The Bertz CT molecular complexity index is 2060. The van der Waals surface area contributed by atoms with E-state index < -0.39 is 29.0 Å². The Morgan fingerprint density at radius 1 is 0.849 bits per heavy atom. The first-order chi connectivity index (χ1) is 25.1. The van der Waals surface area contributed by atoms with Crippen molar-refractivity contribution < 1.29 is 48.3 Å². The fourth-order valence-corrected chi connectivity index (χ4v) is 6.91. The molecule has 0 aliphatic carbocycles. The molecule has 0 saturated carbocycles. The van der Waals surface area contributed by atoms with Gasteiger partial charge in [-0.2, -0.15) is 0 Å². The predicted octanol–water partition coefficient (Wildman–Crippen LogP) is 8.87. The van der Waals surface area contributed by atoms with Crippen molar-refractivity contribution in [3.63, 3.8) is 0 Å². The van der Waals surface area contributed by atoms with Crippen LogP contribution in [-0.4, -0.2) is 64.7 Å². The zero-order valence-corrected chi connectivity index (χ0v) is 31.6. The van der Waals surface area contributed by atoms with Gasteiger partial charge in [0.2, 0.25) is 0 Å². The van der Waals surface area contributed by atoms with E-state index in [9.17, 15) is 34.1 Å². The van der Waals surface area contributed by atoms with Crippen LogP contribution in [0, 0.1) is 26.6 Å². The first kappa shape index (κ1) is 39.8. The Hall–Kier alpha value is -4.39.